The lowest BCUT2D eigenvalue weighted by Crippen LogP contribution is -2.39. The van der Waals surface area contributed by atoms with Crippen LogP contribution in [0, 0.1) is 0 Å². The summed E-state index contributed by atoms with van der Waals surface area (Å²) in [6.45, 7) is 2.66. The van der Waals surface area contributed by atoms with Gasteiger partial charge in [0.05, 0.1) is 29.8 Å². The molecule has 0 fully saturated rings. The van der Waals surface area contributed by atoms with E-state index in [9.17, 15) is 23.1 Å². The van der Waals surface area contributed by atoms with E-state index in [1.54, 1.807) is 26.0 Å². The Balaban J connectivity index is 1.72. The molecule has 0 spiro atoms. The van der Waals surface area contributed by atoms with E-state index in [0.717, 1.165) is 9.87 Å². The van der Waals surface area contributed by atoms with Crippen molar-refractivity contribution in [3.63, 3.8) is 0 Å². The number of esters is 1. The second-order valence-corrected chi connectivity index (χ2v) is 11.4. The van der Waals surface area contributed by atoms with Gasteiger partial charge in [0, 0.05) is 10.7 Å². The highest BCUT2D eigenvalue weighted by atomic mass is 35.5. The Morgan fingerprint density at radius 3 is 2.35 bits per heavy atom. The summed E-state index contributed by atoms with van der Waals surface area (Å²) in [5.41, 5.74) is 1.24. The number of aliphatic hydroxyl groups is 1. The molecule has 3 aromatic rings. The highest BCUT2D eigenvalue weighted by Gasteiger charge is 2.29. The van der Waals surface area contributed by atoms with Crippen LogP contribution < -0.4 is 9.62 Å². The zero-order chi connectivity index (χ0) is 29.3. The topological polar surface area (TPSA) is 125 Å². The number of nitrogens with zero attached hydrogens (tertiary/aromatic N) is 2. The van der Waals surface area contributed by atoms with Gasteiger partial charge < -0.3 is 19.9 Å². The third-order valence-electron chi connectivity index (χ3n) is 5.45. The number of halogens is 1. The number of carbonyl (C=O) groups is 2. The van der Waals surface area contributed by atoms with Crippen molar-refractivity contribution in [2.75, 3.05) is 29.8 Å². The summed E-state index contributed by atoms with van der Waals surface area (Å²) in [6.07, 6.45) is -1.77. The number of benzene rings is 3. The van der Waals surface area contributed by atoms with Crippen molar-refractivity contribution >= 4 is 44.9 Å². The molecular weight excluding hydrogens is 558 g/mol. The second kappa shape index (κ2) is 14.2. The second-order valence-electron chi connectivity index (χ2n) is 9.14. The molecule has 1 amide bonds. The highest BCUT2D eigenvalue weighted by molar-refractivity contribution is 7.92. The lowest BCUT2D eigenvalue weighted by Gasteiger charge is -2.25. The number of amides is 1. The first-order valence-corrected chi connectivity index (χ1v) is 14.2. The molecule has 0 aromatic heterocycles. The molecule has 0 bridgehead atoms. The van der Waals surface area contributed by atoms with Gasteiger partial charge in [0.1, 0.15) is 6.54 Å². The lowest BCUT2D eigenvalue weighted by atomic mass is 10.2. The predicted molar refractivity (Wildman–Crippen MR) is 152 cm³/mol. The Morgan fingerprint density at radius 1 is 0.975 bits per heavy atom. The number of ether oxygens (including phenoxy) is 2. The SMILES string of the molecule is CC(C)OC(=O)CN(c1cccc(Cl)c1)S(=O)(=O)c1cccc(NC(=O)CN(C)C(O)OCc2ccccc2)c1. The van der Waals surface area contributed by atoms with E-state index in [2.05, 4.69) is 5.32 Å². The van der Waals surface area contributed by atoms with Crippen molar-refractivity contribution in [1.82, 2.24) is 4.90 Å². The van der Waals surface area contributed by atoms with Gasteiger partial charge in [-0.1, -0.05) is 54.1 Å². The first-order chi connectivity index (χ1) is 19.0. The Bertz CT molecular complexity index is 1400. The number of hydrogen-bond donors (Lipinski definition) is 2. The molecule has 40 heavy (non-hydrogen) atoms. The van der Waals surface area contributed by atoms with E-state index in [1.165, 1.54) is 48.3 Å². The number of sulfonamides is 1. The predicted octanol–water partition coefficient (Wildman–Crippen LogP) is 3.85. The molecule has 3 rings (SSSR count). The van der Waals surface area contributed by atoms with Crippen LogP contribution in [0.5, 0.6) is 0 Å². The molecule has 0 heterocycles. The van der Waals surface area contributed by atoms with Crippen molar-refractivity contribution in [2.45, 2.75) is 37.9 Å². The number of hydrogen-bond acceptors (Lipinski definition) is 8. The Kier molecular flexibility index (Phi) is 11.1. The monoisotopic (exact) mass is 589 g/mol. The average molecular weight is 590 g/mol. The smallest absolute Gasteiger partial charge is 0.327 e. The molecule has 10 nitrogen and oxygen atoms in total. The number of nitrogens with one attached hydrogen (secondary N) is 1. The van der Waals surface area contributed by atoms with Crippen molar-refractivity contribution in [1.29, 1.82) is 0 Å². The van der Waals surface area contributed by atoms with Crippen molar-refractivity contribution in [3.8, 4) is 0 Å². The molecule has 0 radical (unpaired) electrons. The largest absolute Gasteiger partial charge is 0.462 e. The number of likely N-dealkylation sites (N-methyl/N-ethyl adjacent to an activating group) is 1. The van der Waals surface area contributed by atoms with Gasteiger partial charge in [0.25, 0.3) is 10.0 Å². The molecule has 0 aliphatic rings. The molecule has 0 aliphatic heterocycles. The fourth-order valence-electron chi connectivity index (χ4n) is 3.60. The normalized spacial score (nSPS) is 12.3. The van der Waals surface area contributed by atoms with Gasteiger partial charge in [-0.3, -0.25) is 13.9 Å². The van der Waals surface area contributed by atoms with Gasteiger partial charge in [0.2, 0.25) is 12.3 Å². The van der Waals surface area contributed by atoms with E-state index >= 15 is 0 Å². The van der Waals surface area contributed by atoms with E-state index in [1.807, 2.05) is 30.3 Å². The summed E-state index contributed by atoms with van der Waals surface area (Å²) in [5, 5.41) is 13.2. The van der Waals surface area contributed by atoms with Crippen LogP contribution in [0.15, 0.2) is 83.8 Å². The van der Waals surface area contributed by atoms with Crippen LogP contribution in [-0.4, -0.2) is 63.0 Å². The Hall–Kier alpha value is -3.48. The summed E-state index contributed by atoms with van der Waals surface area (Å²) >= 11 is 6.09. The highest BCUT2D eigenvalue weighted by Crippen LogP contribution is 2.27. The lowest BCUT2D eigenvalue weighted by molar-refractivity contribution is -0.192. The van der Waals surface area contributed by atoms with Gasteiger partial charge in [0.15, 0.2) is 0 Å². The zero-order valence-corrected chi connectivity index (χ0v) is 23.9. The van der Waals surface area contributed by atoms with E-state index in [4.69, 9.17) is 21.1 Å². The fourth-order valence-corrected chi connectivity index (χ4v) is 5.23. The molecule has 1 atom stereocenters. The van der Waals surface area contributed by atoms with Crippen molar-refractivity contribution in [3.05, 3.63) is 89.4 Å². The summed E-state index contributed by atoms with van der Waals surface area (Å²) < 4.78 is 38.8. The van der Waals surface area contributed by atoms with E-state index in [-0.39, 0.29) is 34.4 Å². The molecule has 12 heteroatoms. The van der Waals surface area contributed by atoms with Gasteiger partial charge >= 0.3 is 5.97 Å². The van der Waals surface area contributed by atoms with Crippen LogP contribution in [0.3, 0.4) is 0 Å². The summed E-state index contributed by atoms with van der Waals surface area (Å²) in [6, 6.07) is 21.0. The number of rotatable bonds is 13. The molecular formula is C28H32ClN3O7S. The molecule has 0 aliphatic carbocycles. The molecule has 0 saturated heterocycles. The standard InChI is InChI=1S/C28H32ClN3O7S/c1-20(2)39-27(34)18-32(24-13-7-11-22(29)15-24)40(36,37)25-14-8-12-23(16-25)30-26(33)17-31(3)28(35)38-19-21-9-5-4-6-10-21/h4-16,20,28,35H,17-19H2,1-3H3,(H,30,33). The van der Waals surface area contributed by atoms with Gasteiger partial charge in [-0.05, 0) is 62.9 Å². The minimum atomic E-state index is -4.28. The summed E-state index contributed by atoms with van der Waals surface area (Å²) in [4.78, 5) is 26.2. The number of anilines is 2. The van der Waals surface area contributed by atoms with E-state index < -0.39 is 41.0 Å². The minimum absolute atomic E-state index is 0.154. The molecule has 214 valence electrons. The molecule has 1 unspecified atom stereocenters. The van der Waals surface area contributed by atoms with Crippen molar-refractivity contribution < 1.29 is 32.6 Å². The van der Waals surface area contributed by atoms with E-state index in [0.29, 0.717) is 0 Å². The van der Waals surface area contributed by atoms with Crippen LogP contribution in [-0.2, 0) is 35.7 Å². The first kappa shape index (κ1) is 31.1. The molecule has 0 saturated carbocycles. The summed E-state index contributed by atoms with van der Waals surface area (Å²) in [5.74, 6) is -1.24. The Morgan fingerprint density at radius 2 is 1.68 bits per heavy atom. The first-order valence-electron chi connectivity index (χ1n) is 12.4. The van der Waals surface area contributed by atoms with Crippen LogP contribution in [0.1, 0.15) is 19.4 Å². The van der Waals surface area contributed by atoms with Gasteiger partial charge in [-0.15, -0.1) is 0 Å². The van der Waals surface area contributed by atoms with Crippen LogP contribution >= 0.6 is 11.6 Å². The fraction of sp³-hybridized carbons (Fsp3) is 0.286. The third kappa shape index (κ3) is 9.04. The average Bonchev–Trinajstić information content (AvgIpc) is 2.90. The molecule has 3 aromatic carbocycles. The third-order valence-corrected chi connectivity index (χ3v) is 7.46. The quantitative estimate of drug-likeness (QED) is 0.227. The van der Waals surface area contributed by atoms with Crippen LogP contribution in [0.4, 0.5) is 11.4 Å². The van der Waals surface area contributed by atoms with Crippen LogP contribution in [0.25, 0.3) is 0 Å². The number of aliphatic hydroxyl groups excluding tert-OH is 1. The Labute approximate surface area is 239 Å². The maximum absolute atomic E-state index is 13.7. The van der Waals surface area contributed by atoms with Crippen molar-refractivity contribution in [2.24, 2.45) is 0 Å². The zero-order valence-electron chi connectivity index (χ0n) is 22.4. The minimum Gasteiger partial charge on any atom is -0.462 e. The maximum atomic E-state index is 13.7. The maximum Gasteiger partial charge on any atom is 0.327 e. The van der Waals surface area contributed by atoms with Gasteiger partial charge in [-0.2, -0.15) is 0 Å². The van der Waals surface area contributed by atoms with Crippen LogP contribution in [0.2, 0.25) is 5.02 Å². The van der Waals surface area contributed by atoms with Gasteiger partial charge in [-0.25, -0.2) is 13.3 Å². The number of carbonyl (C=O) groups excluding carboxylic acids is 2. The molecule has 2 N–H and O–H groups in total. The summed E-state index contributed by atoms with van der Waals surface area (Å²) in [7, 11) is -2.77.